The lowest BCUT2D eigenvalue weighted by Gasteiger charge is -2.09. The zero-order valence-electron chi connectivity index (χ0n) is 11.7. The zero-order valence-corrected chi connectivity index (χ0v) is 13.9. The highest BCUT2D eigenvalue weighted by Crippen LogP contribution is 2.22. The summed E-state index contributed by atoms with van der Waals surface area (Å²) in [6.07, 6.45) is 0. The van der Waals surface area contributed by atoms with Crippen molar-refractivity contribution in [2.45, 2.75) is 6.92 Å². The van der Waals surface area contributed by atoms with Gasteiger partial charge in [-0.25, -0.2) is 0 Å². The zero-order chi connectivity index (χ0) is 16.1. The molecule has 0 heterocycles. The molecule has 0 saturated heterocycles. The fourth-order valence-corrected chi connectivity index (χ4v) is 2.41. The van der Waals surface area contributed by atoms with Crippen LogP contribution in [0.25, 0.3) is 0 Å². The van der Waals surface area contributed by atoms with Gasteiger partial charge >= 0.3 is 0 Å². The van der Waals surface area contributed by atoms with Crippen LogP contribution in [0.15, 0.2) is 42.5 Å². The standard InChI is InChI=1S/C15H13IN2O4/c1-2-22-12-5-3-4-10(8-12)17-15(19)13-9-11(18(20)21)6-7-14(13)16/h3-9H,2H2,1H3,(H,17,19). The van der Waals surface area contributed by atoms with Crippen molar-refractivity contribution >= 4 is 39.9 Å². The second-order valence-electron chi connectivity index (χ2n) is 4.34. The van der Waals surface area contributed by atoms with Crippen LogP contribution in [0.4, 0.5) is 11.4 Å². The van der Waals surface area contributed by atoms with Crippen LogP contribution in [0.5, 0.6) is 5.75 Å². The fraction of sp³-hybridized carbons (Fsp3) is 0.133. The molecule has 0 aliphatic carbocycles. The number of carbonyl (C=O) groups excluding carboxylic acids is 1. The Labute approximate surface area is 140 Å². The molecular formula is C15H13IN2O4. The molecule has 0 aliphatic heterocycles. The lowest BCUT2D eigenvalue weighted by Crippen LogP contribution is -2.13. The smallest absolute Gasteiger partial charge is 0.270 e. The van der Waals surface area contributed by atoms with Gasteiger partial charge in [0.2, 0.25) is 0 Å². The van der Waals surface area contributed by atoms with Gasteiger partial charge in [-0.15, -0.1) is 0 Å². The normalized spacial score (nSPS) is 10.1. The van der Waals surface area contributed by atoms with Gasteiger partial charge in [0.15, 0.2) is 0 Å². The molecule has 0 unspecified atom stereocenters. The molecule has 0 fully saturated rings. The first-order valence-electron chi connectivity index (χ1n) is 6.49. The molecule has 0 radical (unpaired) electrons. The summed E-state index contributed by atoms with van der Waals surface area (Å²) in [5.74, 6) is 0.246. The summed E-state index contributed by atoms with van der Waals surface area (Å²) >= 11 is 1.97. The van der Waals surface area contributed by atoms with E-state index in [4.69, 9.17) is 4.74 Å². The molecule has 0 spiro atoms. The molecule has 0 atom stereocenters. The van der Waals surface area contributed by atoms with E-state index in [1.807, 2.05) is 29.5 Å². The van der Waals surface area contributed by atoms with Crippen molar-refractivity contribution in [1.82, 2.24) is 0 Å². The number of nitrogens with one attached hydrogen (secondary N) is 1. The van der Waals surface area contributed by atoms with E-state index < -0.39 is 10.8 Å². The van der Waals surface area contributed by atoms with E-state index in [-0.39, 0.29) is 11.3 Å². The van der Waals surface area contributed by atoms with Crippen LogP contribution in [0.3, 0.4) is 0 Å². The van der Waals surface area contributed by atoms with E-state index in [0.29, 0.717) is 21.6 Å². The number of hydrogen-bond donors (Lipinski definition) is 1. The third-order valence-electron chi connectivity index (χ3n) is 2.81. The molecule has 0 saturated carbocycles. The number of amides is 1. The highest BCUT2D eigenvalue weighted by atomic mass is 127. The van der Waals surface area contributed by atoms with E-state index in [2.05, 4.69) is 5.32 Å². The number of nitro benzene ring substituents is 1. The molecule has 0 bridgehead atoms. The van der Waals surface area contributed by atoms with Crippen molar-refractivity contribution in [1.29, 1.82) is 0 Å². The second kappa shape index (κ2) is 7.21. The number of rotatable bonds is 5. The number of anilines is 1. The van der Waals surface area contributed by atoms with E-state index in [1.54, 1.807) is 30.3 Å². The van der Waals surface area contributed by atoms with E-state index in [9.17, 15) is 14.9 Å². The van der Waals surface area contributed by atoms with Crippen LogP contribution in [-0.4, -0.2) is 17.4 Å². The van der Waals surface area contributed by atoms with Crippen LogP contribution >= 0.6 is 22.6 Å². The summed E-state index contributed by atoms with van der Waals surface area (Å²) < 4.78 is 6.01. The van der Waals surface area contributed by atoms with Crippen LogP contribution in [-0.2, 0) is 0 Å². The fourth-order valence-electron chi connectivity index (χ4n) is 1.83. The third-order valence-corrected chi connectivity index (χ3v) is 3.75. The van der Waals surface area contributed by atoms with Gasteiger partial charge in [-0.2, -0.15) is 0 Å². The Morgan fingerprint density at radius 1 is 1.32 bits per heavy atom. The van der Waals surface area contributed by atoms with E-state index >= 15 is 0 Å². The molecule has 6 nitrogen and oxygen atoms in total. The average molecular weight is 412 g/mol. The summed E-state index contributed by atoms with van der Waals surface area (Å²) in [7, 11) is 0. The van der Waals surface area contributed by atoms with Gasteiger partial charge in [-0.05, 0) is 47.7 Å². The third kappa shape index (κ3) is 3.94. The number of benzene rings is 2. The lowest BCUT2D eigenvalue weighted by molar-refractivity contribution is -0.384. The minimum Gasteiger partial charge on any atom is -0.494 e. The van der Waals surface area contributed by atoms with Gasteiger partial charge in [0.05, 0.1) is 17.1 Å². The van der Waals surface area contributed by atoms with Gasteiger partial charge in [0.1, 0.15) is 5.75 Å². The Balaban J connectivity index is 2.23. The molecule has 2 aromatic carbocycles. The summed E-state index contributed by atoms with van der Waals surface area (Å²) in [6.45, 7) is 2.40. The van der Waals surface area contributed by atoms with E-state index in [1.165, 1.54) is 12.1 Å². The summed E-state index contributed by atoms with van der Waals surface area (Å²) in [4.78, 5) is 22.6. The number of ether oxygens (including phenoxy) is 1. The minimum atomic E-state index is -0.525. The average Bonchev–Trinajstić information content (AvgIpc) is 2.48. The maximum absolute atomic E-state index is 12.3. The van der Waals surface area contributed by atoms with Gasteiger partial charge in [0.25, 0.3) is 11.6 Å². The van der Waals surface area contributed by atoms with Crippen molar-refractivity contribution in [3.8, 4) is 5.75 Å². The first kappa shape index (κ1) is 16.2. The highest BCUT2D eigenvalue weighted by molar-refractivity contribution is 14.1. The number of non-ortho nitro benzene ring substituents is 1. The monoisotopic (exact) mass is 412 g/mol. The molecule has 1 N–H and O–H groups in total. The predicted octanol–water partition coefficient (Wildman–Crippen LogP) is 3.85. The molecule has 2 rings (SSSR count). The number of nitrogens with zero attached hydrogens (tertiary/aromatic N) is 1. The lowest BCUT2D eigenvalue weighted by atomic mass is 10.2. The van der Waals surface area contributed by atoms with Crippen molar-refractivity contribution < 1.29 is 14.5 Å². The molecule has 7 heteroatoms. The van der Waals surface area contributed by atoms with Gasteiger partial charge in [-0.1, -0.05) is 6.07 Å². The highest BCUT2D eigenvalue weighted by Gasteiger charge is 2.15. The Kier molecular flexibility index (Phi) is 5.31. The molecule has 0 aromatic heterocycles. The molecular weight excluding hydrogens is 399 g/mol. The summed E-state index contributed by atoms with van der Waals surface area (Å²) in [5, 5.41) is 13.5. The first-order chi connectivity index (χ1) is 10.5. The largest absolute Gasteiger partial charge is 0.494 e. The molecule has 0 aliphatic rings. The van der Waals surface area contributed by atoms with Crippen molar-refractivity contribution in [3.05, 3.63) is 61.7 Å². The topological polar surface area (TPSA) is 81.5 Å². The Hall–Kier alpha value is -2.16. The molecule has 2 aromatic rings. The van der Waals surface area contributed by atoms with Crippen molar-refractivity contribution in [2.24, 2.45) is 0 Å². The van der Waals surface area contributed by atoms with Crippen LogP contribution in [0, 0.1) is 13.7 Å². The number of carbonyl (C=O) groups is 1. The van der Waals surface area contributed by atoms with Crippen LogP contribution in [0.1, 0.15) is 17.3 Å². The quantitative estimate of drug-likeness (QED) is 0.460. The second-order valence-corrected chi connectivity index (χ2v) is 5.50. The van der Waals surface area contributed by atoms with Crippen LogP contribution < -0.4 is 10.1 Å². The maximum atomic E-state index is 12.3. The maximum Gasteiger partial charge on any atom is 0.270 e. The molecule has 114 valence electrons. The van der Waals surface area contributed by atoms with Crippen molar-refractivity contribution in [2.75, 3.05) is 11.9 Å². The van der Waals surface area contributed by atoms with Crippen LogP contribution in [0.2, 0.25) is 0 Å². The van der Waals surface area contributed by atoms with Gasteiger partial charge in [0, 0.05) is 27.5 Å². The number of hydrogen-bond acceptors (Lipinski definition) is 4. The Morgan fingerprint density at radius 3 is 2.77 bits per heavy atom. The first-order valence-corrected chi connectivity index (χ1v) is 7.57. The molecule has 1 amide bonds. The summed E-state index contributed by atoms with van der Waals surface area (Å²) in [6, 6.07) is 11.2. The van der Waals surface area contributed by atoms with E-state index in [0.717, 1.165) is 0 Å². The number of halogens is 1. The summed E-state index contributed by atoms with van der Waals surface area (Å²) in [5.41, 5.74) is 0.712. The predicted molar refractivity (Wildman–Crippen MR) is 91.4 cm³/mol. The Morgan fingerprint density at radius 2 is 2.09 bits per heavy atom. The number of nitro groups is 1. The minimum absolute atomic E-state index is 0.117. The van der Waals surface area contributed by atoms with Crippen molar-refractivity contribution in [3.63, 3.8) is 0 Å². The van der Waals surface area contributed by atoms with Gasteiger partial charge < -0.3 is 10.1 Å². The Bertz CT molecular complexity index is 718. The SMILES string of the molecule is CCOc1cccc(NC(=O)c2cc([N+](=O)[O-])ccc2I)c1. The molecule has 22 heavy (non-hydrogen) atoms. The van der Waals surface area contributed by atoms with Gasteiger partial charge in [-0.3, -0.25) is 14.9 Å².